The van der Waals surface area contributed by atoms with E-state index in [1.165, 1.54) is 0 Å². The van der Waals surface area contributed by atoms with Crippen molar-refractivity contribution in [1.29, 1.82) is 0 Å². The van der Waals surface area contributed by atoms with E-state index in [4.69, 9.17) is 9.84 Å². The van der Waals surface area contributed by atoms with E-state index in [1.807, 2.05) is 41.7 Å². The van der Waals surface area contributed by atoms with Crippen LogP contribution in [0.3, 0.4) is 0 Å². The number of rotatable bonds is 2. The van der Waals surface area contributed by atoms with E-state index >= 15 is 0 Å². The van der Waals surface area contributed by atoms with Crippen LogP contribution in [-0.4, -0.2) is 49.8 Å². The quantitative estimate of drug-likeness (QED) is 0.435. The van der Waals surface area contributed by atoms with Crippen LogP contribution in [0.25, 0.3) is 0 Å². The Morgan fingerprint density at radius 1 is 1.08 bits per heavy atom. The smallest absolute Gasteiger partial charge is 0.330 e. The largest absolute Gasteiger partial charge is 0.394 e. The monoisotopic (exact) mass is 337 g/mol. The Morgan fingerprint density at radius 3 is 2.29 bits per heavy atom. The summed E-state index contributed by atoms with van der Waals surface area (Å²) in [6.07, 6.45) is 7.99. The number of H-pyrrole nitrogens is 1. The molecule has 0 radical (unpaired) electrons. The molecule has 9 nitrogen and oxygen atoms in total. The van der Waals surface area contributed by atoms with Gasteiger partial charge in [0, 0.05) is 24.7 Å². The van der Waals surface area contributed by atoms with E-state index in [-0.39, 0.29) is 0 Å². The zero-order valence-corrected chi connectivity index (χ0v) is 12.6. The molecule has 4 atom stereocenters. The number of aromatic amines is 1. The number of nitrogens with zero attached hydrogens (tertiary/aromatic N) is 1. The lowest BCUT2D eigenvalue weighted by atomic mass is 10.1. The maximum Gasteiger partial charge on any atom is 0.330 e. The third-order valence-corrected chi connectivity index (χ3v) is 3.36. The first-order chi connectivity index (χ1) is 11.5. The minimum atomic E-state index is -1.35. The molecule has 1 aromatic rings. The van der Waals surface area contributed by atoms with E-state index in [9.17, 15) is 19.8 Å². The second-order valence-corrected chi connectivity index (χ2v) is 5.02. The van der Waals surface area contributed by atoms with Crippen molar-refractivity contribution in [2.24, 2.45) is 0 Å². The van der Waals surface area contributed by atoms with E-state index in [0.717, 1.165) is 16.8 Å². The molecule has 3 rings (SSSR count). The molecule has 3 heterocycles. The number of aliphatic hydroxyl groups excluding tert-OH is 3. The fourth-order valence-corrected chi connectivity index (χ4v) is 2.14. The fraction of sp³-hybridized carbons (Fsp3) is 0.333. The van der Waals surface area contributed by atoms with E-state index < -0.39 is 42.4 Å². The summed E-state index contributed by atoms with van der Waals surface area (Å²) in [5, 5.41) is 31.0. The summed E-state index contributed by atoms with van der Waals surface area (Å²) in [5.41, 5.74) is -1.33. The van der Waals surface area contributed by atoms with Gasteiger partial charge in [-0.25, -0.2) is 4.79 Å². The van der Waals surface area contributed by atoms with Crippen LogP contribution in [0, 0.1) is 0 Å². The molecule has 1 saturated heterocycles. The maximum absolute atomic E-state index is 11.4. The minimum Gasteiger partial charge on any atom is -0.394 e. The molecule has 0 saturated carbocycles. The van der Waals surface area contributed by atoms with Gasteiger partial charge in [-0.1, -0.05) is 12.2 Å². The van der Waals surface area contributed by atoms with Gasteiger partial charge in [-0.3, -0.25) is 14.3 Å². The van der Waals surface area contributed by atoms with E-state index in [1.54, 1.807) is 0 Å². The minimum absolute atomic E-state index is 0.479. The van der Waals surface area contributed by atoms with Gasteiger partial charge in [-0.05, 0) is 12.2 Å². The van der Waals surface area contributed by atoms with Crippen molar-refractivity contribution in [2.75, 3.05) is 6.61 Å². The van der Waals surface area contributed by atoms with Crippen LogP contribution in [-0.2, 0) is 4.74 Å². The Hall–Kier alpha value is -2.46. The number of hydrogen-bond donors (Lipinski definition) is 5. The molecular formula is C15H19N3O6. The number of allylic oxidation sites excluding steroid dienone is 4. The molecule has 0 amide bonds. The highest BCUT2D eigenvalue weighted by Gasteiger charge is 2.43. The van der Waals surface area contributed by atoms with Gasteiger partial charge < -0.3 is 25.4 Å². The van der Waals surface area contributed by atoms with Gasteiger partial charge >= 0.3 is 5.69 Å². The molecule has 0 aliphatic carbocycles. The van der Waals surface area contributed by atoms with Gasteiger partial charge in [-0.15, -0.1) is 0 Å². The number of aliphatic hydroxyl groups is 3. The summed E-state index contributed by atoms with van der Waals surface area (Å²) in [4.78, 5) is 24.3. The Bertz CT molecular complexity index is 721. The predicted molar refractivity (Wildman–Crippen MR) is 84.9 cm³/mol. The molecule has 24 heavy (non-hydrogen) atoms. The van der Waals surface area contributed by atoms with Crippen molar-refractivity contribution in [3.05, 3.63) is 69.8 Å². The molecule has 130 valence electrons. The molecular weight excluding hydrogens is 318 g/mol. The van der Waals surface area contributed by atoms with Crippen LogP contribution in [0.2, 0.25) is 0 Å². The Kier molecular flexibility index (Phi) is 6.27. The van der Waals surface area contributed by atoms with Crippen LogP contribution >= 0.6 is 0 Å². The third-order valence-electron chi connectivity index (χ3n) is 3.36. The summed E-state index contributed by atoms with van der Waals surface area (Å²) in [6.45, 7) is -0.479. The lowest BCUT2D eigenvalue weighted by molar-refractivity contribution is -0.0550. The summed E-state index contributed by atoms with van der Waals surface area (Å²) in [5.74, 6) is 0. The van der Waals surface area contributed by atoms with Crippen molar-refractivity contribution >= 4 is 0 Å². The van der Waals surface area contributed by atoms with Gasteiger partial charge in [0.25, 0.3) is 5.56 Å². The zero-order chi connectivity index (χ0) is 17.5. The standard InChI is InChI=1S/C9H12N2O6.C6H7N/c12-3-4-6(14)7(15)8(17-4)11-2-1-5(13)10-9(11)16;1-2-4-6-7-5-3-1/h1-2,4,6-8,12,14-15H,3H2,(H,10,13,16);1-7H/t4-,6-,7-,8-;/m1./s1. The van der Waals surface area contributed by atoms with Crippen molar-refractivity contribution < 1.29 is 20.1 Å². The average Bonchev–Trinajstić information content (AvgIpc) is 2.80. The first-order valence-electron chi connectivity index (χ1n) is 7.23. The van der Waals surface area contributed by atoms with Crippen LogP contribution < -0.4 is 16.6 Å². The van der Waals surface area contributed by atoms with Crippen molar-refractivity contribution in [1.82, 2.24) is 14.9 Å². The van der Waals surface area contributed by atoms with Gasteiger partial charge in [0.05, 0.1) is 6.61 Å². The summed E-state index contributed by atoms with van der Waals surface area (Å²) in [6, 6.07) is 1.09. The zero-order valence-electron chi connectivity index (χ0n) is 12.6. The molecule has 2 aliphatic heterocycles. The third kappa shape index (κ3) is 4.30. The summed E-state index contributed by atoms with van der Waals surface area (Å²) >= 11 is 0. The SMILES string of the molecule is C1=CC=CNC=C1.O=c1ccn([C@@H]2O[C@H](CO)[C@@H](O)[C@H]2O)c(=O)[nH]1. The molecule has 0 unspecified atom stereocenters. The fourth-order valence-electron chi connectivity index (χ4n) is 2.14. The molecule has 1 fully saturated rings. The lowest BCUT2D eigenvalue weighted by Crippen LogP contribution is -2.37. The normalized spacial score (nSPS) is 28.0. The van der Waals surface area contributed by atoms with Crippen molar-refractivity contribution in [3.8, 4) is 0 Å². The predicted octanol–water partition coefficient (Wildman–Crippen LogP) is -1.68. The summed E-state index contributed by atoms with van der Waals surface area (Å²) < 4.78 is 6.08. The molecule has 5 N–H and O–H groups in total. The van der Waals surface area contributed by atoms with Crippen LogP contribution in [0.5, 0.6) is 0 Å². The lowest BCUT2D eigenvalue weighted by Gasteiger charge is -2.16. The number of ether oxygens (including phenoxy) is 1. The Labute approximate surface area is 136 Å². The van der Waals surface area contributed by atoms with E-state index in [0.29, 0.717) is 0 Å². The highest BCUT2D eigenvalue weighted by atomic mass is 16.6. The molecule has 0 aromatic carbocycles. The number of hydrogen-bond acceptors (Lipinski definition) is 7. The van der Waals surface area contributed by atoms with Crippen molar-refractivity contribution in [2.45, 2.75) is 24.5 Å². The topological polar surface area (TPSA) is 137 Å². The van der Waals surface area contributed by atoms with Gasteiger partial charge in [-0.2, -0.15) is 0 Å². The molecule has 9 heteroatoms. The van der Waals surface area contributed by atoms with Crippen LogP contribution in [0.15, 0.2) is 58.6 Å². The van der Waals surface area contributed by atoms with Gasteiger partial charge in [0.1, 0.15) is 18.3 Å². The second-order valence-electron chi connectivity index (χ2n) is 5.02. The highest BCUT2D eigenvalue weighted by Crippen LogP contribution is 2.27. The maximum atomic E-state index is 11.4. The van der Waals surface area contributed by atoms with Gasteiger partial charge in [0.15, 0.2) is 6.23 Å². The summed E-state index contributed by atoms with van der Waals surface area (Å²) in [7, 11) is 0. The molecule has 0 spiro atoms. The molecule has 0 bridgehead atoms. The molecule has 1 aromatic heterocycles. The second kappa shape index (κ2) is 8.41. The Balaban J connectivity index is 0.000000249. The van der Waals surface area contributed by atoms with Crippen LogP contribution in [0.1, 0.15) is 6.23 Å². The first-order valence-corrected chi connectivity index (χ1v) is 7.23. The van der Waals surface area contributed by atoms with Crippen LogP contribution in [0.4, 0.5) is 0 Å². The van der Waals surface area contributed by atoms with E-state index in [2.05, 4.69) is 5.32 Å². The number of aromatic nitrogens is 2. The molecule has 2 aliphatic rings. The highest BCUT2D eigenvalue weighted by molar-refractivity contribution is 5.14. The number of nitrogens with one attached hydrogen (secondary N) is 2. The van der Waals surface area contributed by atoms with Crippen molar-refractivity contribution in [3.63, 3.8) is 0 Å². The first kappa shape index (κ1) is 17.9. The Morgan fingerprint density at radius 2 is 1.75 bits per heavy atom. The van der Waals surface area contributed by atoms with Gasteiger partial charge in [0.2, 0.25) is 0 Å². The average molecular weight is 337 g/mol.